The Kier molecular flexibility index (Phi) is 12.1. The quantitative estimate of drug-likeness (QED) is 0.134. The Balaban J connectivity index is 0.914. The molecule has 0 radical (unpaired) electrons. The lowest BCUT2D eigenvalue weighted by molar-refractivity contribution is 0.487. The Morgan fingerprint density at radius 3 is 1.43 bits per heavy atom. The highest BCUT2D eigenvalue weighted by molar-refractivity contribution is 7.02. The zero-order valence-electron chi connectivity index (χ0n) is 50.9. The number of rotatable bonds is 9. The zero-order chi connectivity index (χ0) is 62.0. The van der Waals surface area contributed by atoms with Crippen molar-refractivity contribution < 1.29 is 4.74 Å². The predicted molar refractivity (Wildman–Crippen MR) is 391 cm³/mol. The summed E-state index contributed by atoms with van der Waals surface area (Å²) in [5.74, 6) is 1.53. The Bertz CT molecular complexity index is 5490. The first-order valence-electron chi connectivity index (χ1n) is 32.1. The normalized spacial score (nSPS) is 12.9. The van der Waals surface area contributed by atoms with E-state index in [2.05, 4.69) is 346 Å². The molecule has 0 spiro atoms. The average molecular weight is 1200 g/mol. The van der Waals surface area contributed by atoms with E-state index in [4.69, 9.17) is 4.74 Å². The van der Waals surface area contributed by atoms with Crippen LogP contribution >= 0.6 is 0 Å². The fourth-order valence-corrected chi connectivity index (χ4v) is 15.8. The smallest absolute Gasteiger partial charge is 0.256 e. The molecular formula is C85H54B2N6O. The standard InChI is InChI=1S/C85H54B2N6O/c88-55-58-31-25-43-68-67-40-19-22-46-73(67)92(84(58)68)64-51-79-83-81(52-64)94-80-54-76-71(53-72(80)87(83)70-45-21-24-48-75(70)93(79)85-65(56-27-7-1-8-28-56)41-26-42-66(85)57-29-9-2-10-30-57)86-69-44-20-23-47-74(69)90(61-36-15-5-16-37-61)77-49-63(50-78(82(77)86)91(76)62-38-17-6-18-39-62)89(59-32-11-3-12-33-59)60-34-13-4-14-35-60/h1-54H. The van der Waals surface area contributed by atoms with Crippen LogP contribution in [0.2, 0.25) is 0 Å². The van der Waals surface area contributed by atoms with Gasteiger partial charge < -0.3 is 28.9 Å². The van der Waals surface area contributed by atoms with Gasteiger partial charge in [0.05, 0.1) is 33.7 Å². The van der Waals surface area contributed by atoms with Gasteiger partial charge in [-0.3, -0.25) is 0 Å². The van der Waals surface area contributed by atoms with E-state index in [1.165, 1.54) is 21.9 Å². The Morgan fingerprint density at radius 1 is 0.330 bits per heavy atom. The molecule has 0 bridgehead atoms. The maximum atomic E-state index is 11.0. The molecule has 0 fully saturated rings. The zero-order valence-corrected chi connectivity index (χ0v) is 50.9. The highest BCUT2D eigenvalue weighted by Gasteiger charge is 2.48. The summed E-state index contributed by atoms with van der Waals surface area (Å²) in [6.45, 7) is -0.484. The lowest BCUT2D eigenvalue weighted by atomic mass is 9.30. The Hall–Kier alpha value is -12.5. The van der Waals surface area contributed by atoms with Gasteiger partial charge >= 0.3 is 0 Å². The van der Waals surface area contributed by atoms with Crippen molar-refractivity contribution in [3.8, 4) is 45.5 Å². The summed E-state index contributed by atoms with van der Waals surface area (Å²) in [5.41, 5.74) is 27.4. The number of nitriles is 1. The van der Waals surface area contributed by atoms with Crippen LogP contribution in [0, 0.1) is 11.3 Å². The molecule has 19 rings (SSSR count). The third-order valence-corrected chi connectivity index (χ3v) is 19.6. The number of nitrogens with zero attached hydrogens (tertiary/aromatic N) is 6. The number of para-hydroxylation sites is 9. The van der Waals surface area contributed by atoms with Crippen LogP contribution in [0.4, 0.5) is 68.2 Å². The van der Waals surface area contributed by atoms with Gasteiger partial charge in [0.1, 0.15) is 17.6 Å². The van der Waals surface area contributed by atoms with Crippen molar-refractivity contribution in [1.82, 2.24) is 4.57 Å². The largest absolute Gasteiger partial charge is 0.458 e. The van der Waals surface area contributed by atoms with Crippen LogP contribution in [0.3, 0.4) is 0 Å². The first-order valence-corrected chi connectivity index (χ1v) is 32.1. The molecule has 0 aliphatic carbocycles. The van der Waals surface area contributed by atoms with Crippen LogP contribution < -0.4 is 57.1 Å². The summed E-state index contributed by atoms with van der Waals surface area (Å²) < 4.78 is 10.2. The van der Waals surface area contributed by atoms with Gasteiger partial charge in [-0.25, -0.2) is 0 Å². The van der Waals surface area contributed by atoms with Crippen molar-refractivity contribution in [2.75, 3.05) is 19.6 Å². The summed E-state index contributed by atoms with van der Waals surface area (Å²) in [5, 5.41) is 13.1. The number of ether oxygens (including phenoxy) is 1. The predicted octanol–water partition coefficient (Wildman–Crippen LogP) is 17.9. The first-order chi connectivity index (χ1) is 46.6. The maximum absolute atomic E-state index is 11.0. The number of hydrogen-bond donors (Lipinski definition) is 0. The maximum Gasteiger partial charge on any atom is 0.256 e. The SMILES string of the molecule is N#Cc1cccc2c3ccccc3n(-c3cc4c5c(c3)N(c3c(-c6ccccc6)cccc3-c3ccccc3)c3ccccc3B5c3cc5c(cc3O4)N(c3ccccc3)c3cc(N(c4ccccc4)c4ccccc4)cc4c3B5c3ccccc3N4c3ccccc3)c12. The molecule has 0 N–H and O–H groups in total. The van der Waals surface area contributed by atoms with Crippen LogP contribution in [0.25, 0.3) is 49.7 Å². The molecule has 0 amide bonds. The van der Waals surface area contributed by atoms with Crippen LogP contribution in [-0.4, -0.2) is 18.0 Å². The van der Waals surface area contributed by atoms with Gasteiger partial charge in [0.2, 0.25) is 0 Å². The molecule has 4 aliphatic rings. The number of aromatic nitrogens is 1. The van der Waals surface area contributed by atoms with E-state index in [0.717, 1.165) is 140 Å². The minimum Gasteiger partial charge on any atom is -0.458 e. The summed E-state index contributed by atoms with van der Waals surface area (Å²) in [6, 6.07) is 121. The van der Waals surface area contributed by atoms with E-state index >= 15 is 0 Å². The number of anilines is 12. The van der Waals surface area contributed by atoms with Crippen LogP contribution in [0.1, 0.15) is 5.56 Å². The molecule has 14 aromatic carbocycles. The summed E-state index contributed by atoms with van der Waals surface area (Å²) in [7, 11) is 0. The molecule has 0 unspecified atom stereocenters. The molecule has 4 aliphatic heterocycles. The van der Waals surface area contributed by atoms with Gasteiger partial charge in [0, 0.05) is 90.9 Å². The van der Waals surface area contributed by atoms with Crippen molar-refractivity contribution in [3.05, 3.63) is 333 Å². The fourth-order valence-electron chi connectivity index (χ4n) is 15.8. The second-order valence-electron chi connectivity index (χ2n) is 24.6. The molecular weight excluding hydrogens is 1140 g/mol. The monoisotopic (exact) mass is 1200 g/mol. The average Bonchev–Trinajstić information content (AvgIpc) is 0.738. The summed E-state index contributed by atoms with van der Waals surface area (Å²) >= 11 is 0. The number of benzene rings is 14. The topological polar surface area (TPSA) is 50.9 Å². The van der Waals surface area contributed by atoms with E-state index in [1.807, 2.05) is 12.1 Å². The minimum atomic E-state index is -0.282. The van der Waals surface area contributed by atoms with Crippen LogP contribution in [0.15, 0.2) is 328 Å². The molecule has 15 aromatic rings. The third-order valence-electron chi connectivity index (χ3n) is 19.6. The highest BCUT2D eigenvalue weighted by Crippen LogP contribution is 2.53. The number of fused-ring (bicyclic) bond motifs is 11. The van der Waals surface area contributed by atoms with Gasteiger partial charge in [-0.2, -0.15) is 5.26 Å². The Morgan fingerprint density at radius 2 is 0.819 bits per heavy atom. The van der Waals surface area contributed by atoms with Gasteiger partial charge in [-0.1, -0.05) is 224 Å². The fraction of sp³-hybridized carbons (Fsp3) is 0. The Labute approximate surface area is 545 Å². The van der Waals surface area contributed by atoms with E-state index < -0.39 is 0 Å². The second kappa shape index (κ2) is 21.3. The van der Waals surface area contributed by atoms with Crippen molar-refractivity contribution >= 4 is 136 Å². The number of hydrogen-bond acceptors (Lipinski definition) is 6. The van der Waals surface area contributed by atoms with Gasteiger partial charge in [0.15, 0.2) is 0 Å². The molecule has 0 atom stereocenters. The molecule has 0 saturated carbocycles. The van der Waals surface area contributed by atoms with Crippen molar-refractivity contribution in [2.45, 2.75) is 0 Å². The second-order valence-corrected chi connectivity index (χ2v) is 24.6. The lowest BCUT2D eigenvalue weighted by Gasteiger charge is -2.46. The summed E-state index contributed by atoms with van der Waals surface area (Å²) in [6.07, 6.45) is 0. The minimum absolute atomic E-state index is 0.202. The van der Waals surface area contributed by atoms with E-state index in [9.17, 15) is 5.26 Å². The van der Waals surface area contributed by atoms with E-state index in [0.29, 0.717) is 5.56 Å². The highest BCUT2D eigenvalue weighted by atomic mass is 16.5. The van der Waals surface area contributed by atoms with Gasteiger partial charge in [-0.15, -0.1) is 0 Å². The van der Waals surface area contributed by atoms with Crippen LogP contribution in [-0.2, 0) is 0 Å². The molecule has 9 heteroatoms. The van der Waals surface area contributed by atoms with Crippen molar-refractivity contribution in [2.24, 2.45) is 0 Å². The molecule has 0 saturated heterocycles. The van der Waals surface area contributed by atoms with Gasteiger partial charge in [-0.05, 0) is 135 Å². The van der Waals surface area contributed by atoms with Crippen molar-refractivity contribution in [1.29, 1.82) is 5.26 Å². The lowest BCUT2D eigenvalue weighted by Crippen LogP contribution is -2.64. The van der Waals surface area contributed by atoms with E-state index in [-0.39, 0.29) is 13.4 Å². The summed E-state index contributed by atoms with van der Waals surface area (Å²) in [4.78, 5) is 9.88. The van der Waals surface area contributed by atoms with Crippen LogP contribution in [0.5, 0.6) is 11.5 Å². The molecule has 7 nitrogen and oxygen atoms in total. The first kappa shape index (κ1) is 53.3. The van der Waals surface area contributed by atoms with Gasteiger partial charge in [0.25, 0.3) is 13.4 Å². The third kappa shape index (κ3) is 8.06. The molecule has 5 heterocycles. The molecule has 436 valence electrons. The van der Waals surface area contributed by atoms with E-state index in [1.54, 1.807) is 0 Å². The van der Waals surface area contributed by atoms with Crippen molar-refractivity contribution in [3.63, 3.8) is 0 Å². The molecule has 94 heavy (non-hydrogen) atoms. The molecule has 1 aromatic heterocycles.